The number of nitrogens with zero attached hydrogens (tertiary/aromatic N) is 5. The monoisotopic (exact) mass is 338 g/mol. The molecule has 8 heteroatoms. The molecule has 128 valence electrons. The third-order valence-corrected chi connectivity index (χ3v) is 3.93. The van der Waals surface area contributed by atoms with Gasteiger partial charge >= 0.3 is 0 Å². The minimum atomic E-state index is -0.154. The second kappa shape index (κ2) is 6.46. The van der Waals surface area contributed by atoms with E-state index < -0.39 is 0 Å². The maximum Gasteiger partial charge on any atom is 0.271 e. The highest BCUT2D eigenvalue weighted by molar-refractivity contribution is 5.92. The van der Waals surface area contributed by atoms with Gasteiger partial charge in [0, 0.05) is 30.4 Å². The van der Waals surface area contributed by atoms with Crippen molar-refractivity contribution < 1.29 is 9.32 Å². The Kier molecular flexibility index (Phi) is 4.01. The molecular formula is C17H18N6O2. The van der Waals surface area contributed by atoms with E-state index in [0.717, 1.165) is 31.2 Å². The van der Waals surface area contributed by atoms with Crippen molar-refractivity contribution in [1.29, 1.82) is 0 Å². The fraction of sp³-hybridized carbons (Fsp3) is 0.353. The average Bonchev–Trinajstić information content (AvgIpc) is 3.13. The fourth-order valence-corrected chi connectivity index (χ4v) is 2.44. The van der Waals surface area contributed by atoms with Crippen LogP contribution in [-0.4, -0.2) is 36.6 Å². The molecule has 0 bridgehead atoms. The van der Waals surface area contributed by atoms with Gasteiger partial charge in [-0.15, -0.1) is 0 Å². The highest BCUT2D eigenvalue weighted by Crippen LogP contribution is 2.21. The van der Waals surface area contributed by atoms with E-state index >= 15 is 0 Å². The fourth-order valence-electron chi connectivity index (χ4n) is 2.44. The first-order valence-electron chi connectivity index (χ1n) is 8.37. The van der Waals surface area contributed by atoms with E-state index in [9.17, 15) is 4.79 Å². The Morgan fingerprint density at radius 1 is 1.40 bits per heavy atom. The van der Waals surface area contributed by atoms with Crippen LogP contribution >= 0.6 is 0 Å². The lowest BCUT2D eigenvalue weighted by Crippen LogP contribution is -2.25. The van der Waals surface area contributed by atoms with Gasteiger partial charge in [0.15, 0.2) is 5.82 Å². The molecule has 3 aromatic heterocycles. The first-order chi connectivity index (χ1) is 12.2. The molecular weight excluding hydrogens is 320 g/mol. The highest BCUT2D eigenvalue weighted by atomic mass is 16.5. The molecule has 4 rings (SSSR count). The average molecular weight is 338 g/mol. The Hall–Kier alpha value is -3.03. The standard InChI is InChI=1S/C17H18N6O2/c1-2-3-14-21-17(25-22-14)11-6-7-18-15(8-11)23-9-13(19-10-23)16(24)20-12-4-5-12/h6-10,12H,2-5H2,1H3,(H,20,24). The smallest absolute Gasteiger partial charge is 0.271 e. The molecule has 3 heterocycles. The van der Waals surface area contributed by atoms with Crippen molar-refractivity contribution in [2.45, 2.75) is 38.6 Å². The minimum Gasteiger partial charge on any atom is -0.348 e. The van der Waals surface area contributed by atoms with E-state index in [2.05, 4.69) is 32.3 Å². The van der Waals surface area contributed by atoms with E-state index in [1.54, 1.807) is 23.3 Å². The Morgan fingerprint density at radius 3 is 3.08 bits per heavy atom. The second-order valence-corrected chi connectivity index (χ2v) is 6.08. The molecule has 8 nitrogen and oxygen atoms in total. The van der Waals surface area contributed by atoms with Crippen LogP contribution in [0.15, 0.2) is 35.4 Å². The zero-order chi connectivity index (χ0) is 17.2. The Balaban J connectivity index is 1.56. The molecule has 0 radical (unpaired) electrons. The van der Waals surface area contributed by atoms with E-state index in [1.165, 1.54) is 0 Å². The van der Waals surface area contributed by atoms with Crippen LogP contribution in [0.2, 0.25) is 0 Å². The van der Waals surface area contributed by atoms with Crippen molar-refractivity contribution in [2.24, 2.45) is 0 Å². The maximum atomic E-state index is 12.1. The molecule has 0 aliphatic heterocycles. The van der Waals surface area contributed by atoms with Gasteiger partial charge in [-0.3, -0.25) is 9.36 Å². The molecule has 0 unspecified atom stereocenters. The molecule has 1 amide bonds. The SMILES string of the molecule is CCCc1noc(-c2ccnc(-n3cnc(C(=O)NC4CC4)c3)c2)n1. The van der Waals surface area contributed by atoms with E-state index in [1.807, 2.05) is 12.1 Å². The molecule has 1 aliphatic rings. The summed E-state index contributed by atoms with van der Waals surface area (Å²) in [5, 5.41) is 6.89. The van der Waals surface area contributed by atoms with Crippen LogP contribution in [0.3, 0.4) is 0 Å². The van der Waals surface area contributed by atoms with Crippen molar-refractivity contribution in [3.05, 3.63) is 42.4 Å². The van der Waals surface area contributed by atoms with Gasteiger partial charge < -0.3 is 9.84 Å². The normalized spacial score (nSPS) is 13.8. The first kappa shape index (κ1) is 15.5. The maximum absolute atomic E-state index is 12.1. The number of aromatic nitrogens is 5. The van der Waals surface area contributed by atoms with Crippen LogP contribution in [0.5, 0.6) is 0 Å². The third kappa shape index (κ3) is 3.42. The van der Waals surface area contributed by atoms with Gasteiger partial charge in [-0.1, -0.05) is 12.1 Å². The van der Waals surface area contributed by atoms with Gasteiger partial charge in [-0.25, -0.2) is 9.97 Å². The minimum absolute atomic E-state index is 0.154. The summed E-state index contributed by atoms with van der Waals surface area (Å²) in [6.07, 6.45) is 8.73. The summed E-state index contributed by atoms with van der Waals surface area (Å²) in [4.78, 5) is 24.9. The second-order valence-electron chi connectivity index (χ2n) is 6.08. The first-order valence-corrected chi connectivity index (χ1v) is 8.37. The van der Waals surface area contributed by atoms with Crippen LogP contribution in [-0.2, 0) is 6.42 Å². The summed E-state index contributed by atoms with van der Waals surface area (Å²) in [5.74, 6) is 1.63. The summed E-state index contributed by atoms with van der Waals surface area (Å²) in [6.45, 7) is 2.07. The number of hydrogen-bond acceptors (Lipinski definition) is 6. The largest absolute Gasteiger partial charge is 0.348 e. The predicted molar refractivity (Wildman–Crippen MR) is 89.1 cm³/mol. The molecule has 1 N–H and O–H groups in total. The van der Waals surface area contributed by atoms with Gasteiger partial charge in [0.25, 0.3) is 11.8 Å². The van der Waals surface area contributed by atoms with E-state index in [-0.39, 0.29) is 5.91 Å². The van der Waals surface area contributed by atoms with Gasteiger partial charge in [-0.2, -0.15) is 4.98 Å². The number of carbonyl (C=O) groups is 1. The quantitative estimate of drug-likeness (QED) is 0.739. The van der Waals surface area contributed by atoms with E-state index in [4.69, 9.17) is 4.52 Å². The van der Waals surface area contributed by atoms with Crippen LogP contribution in [0, 0.1) is 0 Å². The number of imidazole rings is 1. The van der Waals surface area contributed by atoms with Crippen molar-refractivity contribution >= 4 is 5.91 Å². The molecule has 0 spiro atoms. The van der Waals surface area contributed by atoms with Gasteiger partial charge in [0.1, 0.15) is 17.8 Å². The van der Waals surface area contributed by atoms with Crippen molar-refractivity contribution in [3.63, 3.8) is 0 Å². The third-order valence-electron chi connectivity index (χ3n) is 3.93. The number of rotatable bonds is 6. The number of nitrogens with one attached hydrogen (secondary N) is 1. The number of pyridine rings is 1. The molecule has 25 heavy (non-hydrogen) atoms. The molecule has 1 aliphatic carbocycles. The summed E-state index contributed by atoms with van der Waals surface area (Å²) in [6, 6.07) is 3.94. The number of aryl methyl sites for hydroxylation is 1. The zero-order valence-corrected chi connectivity index (χ0v) is 13.8. The number of carbonyl (C=O) groups excluding carboxylic acids is 1. The van der Waals surface area contributed by atoms with Crippen LogP contribution in [0.1, 0.15) is 42.5 Å². The highest BCUT2D eigenvalue weighted by Gasteiger charge is 2.24. The summed E-state index contributed by atoms with van der Waals surface area (Å²) in [5.41, 5.74) is 1.15. The van der Waals surface area contributed by atoms with Crippen LogP contribution in [0.4, 0.5) is 0 Å². The Morgan fingerprint density at radius 2 is 2.28 bits per heavy atom. The molecule has 0 atom stereocenters. The van der Waals surface area contributed by atoms with Crippen molar-refractivity contribution in [1.82, 2.24) is 30.0 Å². The summed E-state index contributed by atoms with van der Waals surface area (Å²) >= 11 is 0. The number of amides is 1. The summed E-state index contributed by atoms with van der Waals surface area (Å²) < 4.78 is 7.01. The van der Waals surface area contributed by atoms with Gasteiger partial charge in [0.05, 0.1) is 0 Å². The lowest BCUT2D eigenvalue weighted by Gasteiger charge is -2.02. The lowest BCUT2D eigenvalue weighted by atomic mass is 10.2. The Labute approximate surface area is 144 Å². The van der Waals surface area contributed by atoms with Crippen molar-refractivity contribution in [3.8, 4) is 17.3 Å². The molecule has 0 aromatic carbocycles. The zero-order valence-electron chi connectivity index (χ0n) is 13.8. The number of hydrogen-bond donors (Lipinski definition) is 1. The molecule has 1 saturated carbocycles. The summed E-state index contributed by atoms with van der Waals surface area (Å²) in [7, 11) is 0. The molecule has 1 fully saturated rings. The lowest BCUT2D eigenvalue weighted by molar-refractivity contribution is 0.0946. The van der Waals surface area contributed by atoms with Crippen LogP contribution in [0.25, 0.3) is 17.3 Å². The predicted octanol–water partition coefficient (Wildman–Crippen LogP) is 2.16. The Bertz CT molecular complexity index is 896. The topological polar surface area (TPSA) is 98.7 Å². The van der Waals surface area contributed by atoms with Crippen LogP contribution < -0.4 is 5.32 Å². The molecule has 3 aromatic rings. The van der Waals surface area contributed by atoms with Crippen molar-refractivity contribution in [2.75, 3.05) is 0 Å². The van der Waals surface area contributed by atoms with Gasteiger partial charge in [-0.05, 0) is 31.4 Å². The van der Waals surface area contributed by atoms with E-state index in [0.29, 0.717) is 29.3 Å². The molecule has 0 saturated heterocycles. The van der Waals surface area contributed by atoms with Gasteiger partial charge in [0.2, 0.25) is 0 Å².